The maximum atomic E-state index is 12.3. The number of carbonyl (C=O) groups is 1. The first kappa shape index (κ1) is 15.2. The fraction of sp³-hybridized carbons (Fsp3) is 0.150. The van der Waals surface area contributed by atoms with Crippen LogP contribution in [0.3, 0.4) is 0 Å². The lowest BCUT2D eigenvalue weighted by Gasteiger charge is -2.28. The van der Waals surface area contributed by atoms with Crippen molar-refractivity contribution in [3.05, 3.63) is 70.2 Å². The number of carbonyl (C=O) groups excluding carboxylic acids is 1. The van der Waals surface area contributed by atoms with Gasteiger partial charge in [0.1, 0.15) is 5.75 Å². The van der Waals surface area contributed by atoms with E-state index in [0.29, 0.717) is 6.42 Å². The number of hydrogen-bond acceptors (Lipinski definition) is 2. The van der Waals surface area contributed by atoms with Crippen molar-refractivity contribution in [2.45, 2.75) is 12.3 Å². The zero-order valence-corrected chi connectivity index (χ0v) is 14.8. The number of benzene rings is 3. The number of anilines is 1. The van der Waals surface area contributed by atoms with Crippen LogP contribution in [0.1, 0.15) is 23.5 Å². The molecule has 3 aromatic rings. The number of methoxy groups -OCH3 is 1. The Kier molecular flexibility index (Phi) is 3.77. The molecule has 3 aromatic carbocycles. The molecule has 120 valence electrons. The van der Waals surface area contributed by atoms with E-state index in [4.69, 9.17) is 4.74 Å². The molecule has 24 heavy (non-hydrogen) atoms. The molecule has 1 heterocycles. The van der Waals surface area contributed by atoms with Gasteiger partial charge in [-0.2, -0.15) is 0 Å². The fourth-order valence-electron chi connectivity index (χ4n) is 3.39. The Morgan fingerprint density at radius 3 is 2.50 bits per heavy atom. The van der Waals surface area contributed by atoms with Crippen LogP contribution in [0, 0.1) is 0 Å². The molecule has 0 aromatic heterocycles. The predicted molar refractivity (Wildman–Crippen MR) is 99.7 cm³/mol. The Morgan fingerprint density at radius 2 is 1.79 bits per heavy atom. The lowest BCUT2D eigenvalue weighted by Crippen LogP contribution is -2.23. The largest absolute Gasteiger partial charge is 0.497 e. The normalized spacial score (nSPS) is 16.6. The Labute approximate surface area is 148 Å². The van der Waals surface area contributed by atoms with Crippen molar-refractivity contribution in [1.29, 1.82) is 0 Å². The Morgan fingerprint density at radius 1 is 1.08 bits per heavy atom. The molecule has 4 rings (SSSR count). The summed E-state index contributed by atoms with van der Waals surface area (Å²) >= 11 is 3.68. The number of hydrogen-bond donors (Lipinski definition) is 1. The third-order valence-electron chi connectivity index (χ3n) is 4.57. The van der Waals surface area contributed by atoms with E-state index in [0.717, 1.165) is 37.8 Å². The van der Waals surface area contributed by atoms with Gasteiger partial charge in [0.2, 0.25) is 5.91 Å². The van der Waals surface area contributed by atoms with Crippen LogP contribution < -0.4 is 10.1 Å². The number of fused-ring (bicyclic) bond motifs is 3. The molecule has 1 aliphatic rings. The second-order valence-corrected chi connectivity index (χ2v) is 6.80. The van der Waals surface area contributed by atoms with E-state index in [1.807, 2.05) is 36.4 Å². The minimum Gasteiger partial charge on any atom is -0.497 e. The monoisotopic (exact) mass is 381 g/mol. The van der Waals surface area contributed by atoms with Crippen LogP contribution >= 0.6 is 15.9 Å². The smallest absolute Gasteiger partial charge is 0.225 e. The van der Waals surface area contributed by atoms with E-state index in [1.165, 1.54) is 0 Å². The molecule has 0 saturated heterocycles. The van der Waals surface area contributed by atoms with Crippen molar-refractivity contribution in [1.82, 2.24) is 0 Å². The van der Waals surface area contributed by atoms with Gasteiger partial charge >= 0.3 is 0 Å². The van der Waals surface area contributed by atoms with Gasteiger partial charge in [-0.05, 0) is 34.7 Å². The van der Waals surface area contributed by atoms with Crippen LogP contribution in [0.25, 0.3) is 10.8 Å². The van der Waals surface area contributed by atoms with Crippen molar-refractivity contribution in [2.75, 3.05) is 12.4 Å². The summed E-state index contributed by atoms with van der Waals surface area (Å²) in [6.07, 6.45) is 0.449. The third kappa shape index (κ3) is 2.47. The topological polar surface area (TPSA) is 38.3 Å². The second kappa shape index (κ2) is 5.95. The second-order valence-electron chi connectivity index (χ2n) is 5.95. The molecule has 0 spiro atoms. The van der Waals surface area contributed by atoms with E-state index in [2.05, 4.69) is 39.4 Å². The van der Waals surface area contributed by atoms with E-state index in [9.17, 15) is 4.79 Å². The van der Waals surface area contributed by atoms with Crippen molar-refractivity contribution in [2.24, 2.45) is 0 Å². The van der Waals surface area contributed by atoms with E-state index in [1.54, 1.807) is 7.11 Å². The maximum absolute atomic E-state index is 12.3. The van der Waals surface area contributed by atoms with Crippen molar-refractivity contribution < 1.29 is 9.53 Å². The van der Waals surface area contributed by atoms with E-state index < -0.39 is 0 Å². The van der Waals surface area contributed by atoms with Crippen LogP contribution in [-0.4, -0.2) is 13.0 Å². The Balaban J connectivity index is 1.91. The molecule has 0 bridgehead atoms. The molecule has 3 nitrogen and oxygen atoms in total. The number of nitrogens with one attached hydrogen (secondary N) is 1. The number of halogens is 1. The van der Waals surface area contributed by atoms with Gasteiger partial charge in [-0.3, -0.25) is 4.79 Å². The zero-order valence-electron chi connectivity index (χ0n) is 13.2. The maximum Gasteiger partial charge on any atom is 0.225 e. The molecule has 1 amide bonds. The molecule has 0 saturated carbocycles. The van der Waals surface area contributed by atoms with Gasteiger partial charge in [-0.1, -0.05) is 52.3 Å². The molecule has 0 radical (unpaired) electrons. The standard InChI is InChI=1S/C20H16BrNO2/c1-24-13-8-6-12(7-9-13)16-11-19(23)22-20-15-5-3-2-4-14(15)18(21)10-17(16)20/h2-10,16H,11H2,1H3,(H,22,23)/t16-/m1/s1. The minimum absolute atomic E-state index is 0.0422. The first-order chi connectivity index (χ1) is 11.7. The van der Waals surface area contributed by atoms with Crippen molar-refractivity contribution in [3.63, 3.8) is 0 Å². The summed E-state index contributed by atoms with van der Waals surface area (Å²) in [5, 5.41) is 5.23. The molecule has 0 aliphatic carbocycles. The van der Waals surface area contributed by atoms with Gasteiger partial charge in [-0.15, -0.1) is 0 Å². The van der Waals surface area contributed by atoms with Crippen LogP contribution in [0.4, 0.5) is 5.69 Å². The quantitative estimate of drug-likeness (QED) is 0.671. The fourth-order valence-corrected chi connectivity index (χ4v) is 3.98. The van der Waals surface area contributed by atoms with Crippen molar-refractivity contribution >= 4 is 38.3 Å². The Hall–Kier alpha value is -2.33. The van der Waals surface area contributed by atoms with Crippen LogP contribution in [-0.2, 0) is 4.79 Å². The molecule has 1 aliphatic heterocycles. The summed E-state index contributed by atoms with van der Waals surface area (Å²) in [5.41, 5.74) is 3.19. The summed E-state index contributed by atoms with van der Waals surface area (Å²) in [6.45, 7) is 0. The van der Waals surface area contributed by atoms with Crippen LogP contribution in [0.5, 0.6) is 5.75 Å². The van der Waals surface area contributed by atoms with Crippen LogP contribution in [0.2, 0.25) is 0 Å². The number of rotatable bonds is 2. The van der Waals surface area contributed by atoms with Gasteiger partial charge in [0.25, 0.3) is 0 Å². The molecular formula is C20H16BrNO2. The highest BCUT2D eigenvalue weighted by molar-refractivity contribution is 9.10. The van der Waals surface area contributed by atoms with E-state index >= 15 is 0 Å². The third-order valence-corrected chi connectivity index (χ3v) is 5.23. The van der Waals surface area contributed by atoms with Crippen LogP contribution in [0.15, 0.2) is 59.1 Å². The highest BCUT2D eigenvalue weighted by atomic mass is 79.9. The predicted octanol–water partition coefficient (Wildman–Crippen LogP) is 5.09. The summed E-state index contributed by atoms with van der Waals surface area (Å²) < 4.78 is 6.28. The molecule has 1 atom stereocenters. The summed E-state index contributed by atoms with van der Waals surface area (Å²) in [7, 11) is 1.65. The average molecular weight is 382 g/mol. The molecule has 0 fully saturated rings. The molecular weight excluding hydrogens is 366 g/mol. The van der Waals surface area contributed by atoms with E-state index in [-0.39, 0.29) is 11.8 Å². The summed E-state index contributed by atoms with van der Waals surface area (Å²) in [6, 6.07) is 18.2. The minimum atomic E-state index is 0.0422. The zero-order chi connectivity index (χ0) is 16.7. The van der Waals surface area contributed by atoms with Gasteiger partial charge in [0.05, 0.1) is 12.8 Å². The molecule has 1 N–H and O–H groups in total. The molecule has 0 unspecified atom stereocenters. The first-order valence-corrected chi connectivity index (χ1v) is 8.61. The average Bonchev–Trinajstić information content (AvgIpc) is 2.62. The number of amides is 1. The van der Waals surface area contributed by atoms with Gasteiger partial charge in [0, 0.05) is 22.2 Å². The highest BCUT2D eigenvalue weighted by Crippen LogP contribution is 2.43. The SMILES string of the molecule is COc1ccc([C@H]2CC(=O)Nc3c2cc(Br)c2ccccc32)cc1. The summed E-state index contributed by atoms with van der Waals surface area (Å²) in [4.78, 5) is 12.3. The first-order valence-electron chi connectivity index (χ1n) is 7.82. The number of ether oxygens (including phenoxy) is 1. The Bertz CT molecular complexity index is 934. The molecule has 4 heteroatoms. The lowest BCUT2D eigenvalue weighted by atomic mass is 9.83. The highest BCUT2D eigenvalue weighted by Gasteiger charge is 2.28. The van der Waals surface area contributed by atoms with Gasteiger partial charge in [0.15, 0.2) is 0 Å². The summed E-state index contributed by atoms with van der Waals surface area (Å²) in [5.74, 6) is 0.912. The van der Waals surface area contributed by atoms with Gasteiger partial charge in [-0.25, -0.2) is 0 Å². The van der Waals surface area contributed by atoms with Gasteiger partial charge < -0.3 is 10.1 Å². The van der Waals surface area contributed by atoms with Crippen molar-refractivity contribution in [3.8, 4) is 5.75 Å². The lowest BCUT2D eigenvalue weighted by molar-refractivity contribution is -0.116.